The molecule has 0 heterocycles. The minimum absolute atomic E-state index is 0.0685. The Hall–Kier alpha value is -0.730. The second kappa shape index (κ2) is 10.3. The first kappa shape index (κ1) is 23.5. The van der Waals surface area contributed by atoms with Gasteiger partial charge in [0.15, 0.2) is 0 Å². The Morgan fingerprint density at radius 1 is 0.643 bits per heavy atom. The van der Waals surface area contributed by atoms with E-state index in [4.69, 9.17) is 9.47 Å². The van der Waals surface area contributed by atoms with Gasteiger partial charge in [0.1, 0.15) is 12.2 Å². The third kappa shape index (κ3) is 6.13. The van der Waals surface area contributed by atoms with Gasteiger partial charge in [-0.05, 0) is 86.9 Å². The van der Waals surface area contributed by atoms with Gasteiger partial charge in [-0.3, -0.25) is 0 Å². The molecule has 2 aliphatic carbocycles. The van der Waals surface area contributed by atoms with E-state index in [0.717, 1.165) is 24.7 Å². The number of ether oxygens (including phenoxy) is 2. The fourth-order valence-corrected chi connectivity index (χ4v) is 6.14. The number of carbonyl (C=O) groups is 1. The van der Waals surface area contributed by atoms with Crippen molar-refractivity contribution < 1.29 is 14.3 Å². The van der Waals surface area contributed by atoms with E-state index in [-0.39, 0.29) is 12.2 Å². The molecular formula is C25H46O3. The maximum atomic E-state index is 12.6. The summed E-state index contributed by atoms with van der Waals surface area (Å²) in [6, 6.07) is 0. The van der Waals surface area contributed by atoms with Gasteiger partial charge in [-0.1, -0.05) is 54.4 Å². The van der Waals surface area contributed by atoms with Gasteiger partial charge in [-0.2, -0.15) is 0 Å². The van der Waals surface area contributed by atoms with E-state index in [9.17, 15) is 4.79 Å². The Labute approximate surface area is 174 Å². The molecule has 0 aromatic rings. The second-order valence-corrected chi connectivity index (χ2v) is 10.9. The molecule has 0 bridgehead atoms. The largest absolute Gasteiger partial charge is 0.508 e. The summed E-state index contributed by atoms with van der Waals surface area (Å²) < 4.78 is 11.7. The average molecular weight is 395 g/mol. The third-order valence-electron chi connectivity index (χ3n) is 7.92. The van der Waals surface area contributed by atoms with Gasteiger partial charge in [0, 0.05) is 0 Å². The molecule has 2 fully saturated rings. The van der Waals surface area contributed by atoms with Gasteiger partial charge in [0.2, 0.25) is 0 Å². The molecular weight excluding hydrogens is 348 g/mol. The molecule has 0 amide bonds. The highest BCUT2D eigenvalue weighted by Crippen LogP contribution is 2.42. The smallest absolute Gasteiger partial charge is 0.431 e. The molecule has 2 rings (SSSR count). The molecule has 8 atom stereocenters. The van der Waals surface area contributed by atoms with Crippen LogP contribution in [-0.4, -0.2) is 18.4 Å². The SMILES string of the molecule is CC1CCC(C(C)C)C(C(C)OC(=O)OC(C)C2CC(C)CCC2C(C)C)C1. The highest BCUT2D eigenvalue weighted by atomic mass is 16.7. The van der Waals surface area contributed by atoms with Crippen LogP contribution in [0.15, 0.2) is 0 Å². The summed E-state index contributed by atoms with van der Waals surface area (Å²) in [6.07, 6.45) is 6.81. The van der Waals surface area contributed by atoms with Crippen molar-refractivity contribution >= 4 is 6.16 Å². The highest BCUT2D eigenvalue weighted by Gasteiger charge is 2.38. The molecule has 3 nitrogen and oxygen atoms in total. The van der Waals surface area contributed by atoms with Crippen LogP contribution in [0, 0.1) is 47.3 Å². The van der Waals surface area contributed by atoms with Crippen LogP contribution in [0.25, 0.3) is 0 Å². The number of rotatable bonds is 6. The quantitative estimate of drug-likeness (QED) is 0.442. The molecule has 3 heteroatoms. The Kier molecular flexibility index (Phi) is 8.70. The Balaban J connectivity index is 1.94. The lowest BCUT2D eigenvalue weighted by molar-refractivity contribution is -0.0583. The summed E-state index contributed by atoms with van der Waals surface area (Å²) in [6.45, 7) is 18.0. The van der Waals surface area contributed by atoms with E-state index in [0.29, 0.717) is 35.5 Å². The topological polar surface area (TPSA) is 35.5 Å². The standard InChI is InChI=1S/C25H46O3/c1-15(2)21-11-9-17(5)13-23(21)19(7)27-25(26)28-20(8)24-14-18(6)10-12-22(24)16(3)4/h15-24H,9-14H2,1-8H3. The van der Waals surface area contributed by atoms with E-state index in [2.05, 4.69) is 55.4 Å². The summed E-state index contributed by atoms with van der Waals surface area (Å²) in [7, 11) is 0. The van der Waals surface area contributed by atoms with Gasteiger partial charge < -0.3 is 9.47 Å². The van der Waals surface area contributed by atoms with Crippen molar-refractivity contribution in [1.82, 2.24) is 0 Å². The molecule has 2 saturated carbocycles. The van der Waals surface area contributed by atoms with Crippen LogP contribution in [0.3, 0.4) is 0 Å². The summed E-state index contributed by atoms with van der Waals surface area (Å²) in [5.41, 5.74) is 0. The molecule has 0 radical (unpaired) electrons. The summed E-state index contributed by atoms with van der Waals surface area (Å²) in [5, 5.41) is 0. The molecule has 0 aromatic carbocycles. The molecule has 0 saturated heterocycles. The van der Waals surface area contributed by atoms with Crippen molar-refractivity contribution in [3.8, 4) is 0 Å². The van der Waals surface area contributed by atoms with Crippen molar-refractivity contribution in [1.29, 1.82) is 0 Å². The number of hydrogen-bond donors (Lipinski definition) is 0. The average Bonchev–Trinajstić information content (AvgIpc) is 2.60. The maximum absolute atomic E-state index is 12.6. The van der Waals surface area contributed by atoms with Crippen molar-refractivity contribution in [2.24, 2.45) is 47.3 Å². The van der Waals surface area contributed by atoms with Crippen LogP contribution >= 0.6 is 0 Å². The number of carbonyl (C=O) groups excluding carboxylic acids is 1. The normalized spacial score (nSPS) is 36.2. The first-order valence-electron chi connectivity index (χ1n) is 12.0. The zero-order valence-electron chi connectivity index (χ0n) is 19.7. The van der Waals surface area contributed by atoms with Crippen LogP contribution in [0.4, 0.5) is 4.79 Å². The minimum atomic E-state index is -0.457. The van der Waals surface area contributed by atoms with Gasteiger partial charge >= 0.3 is 6.16 Å². The van der Waals surface area contributed by atoms with Gasteiger partial charge in [0.25, 0.3) is 0 Å². The van der Waals surface area contributed by atoms with Crippen LogP contribution in [0.5, 0.6) is 0 Å². The first-order chi connectivity index (χ1) is 13.1. The molecule has 0 aromatic heterocycles. The predicted molar refractivity (Wildman–Crippen MR) is 116 cm³/mol. The third-order valence-corrected chi connectivity index (χ3v) is 7.92. The Bertz CT molecular complexity index is 444. The molecule has 8 unspecified atom stereocenters. The maximum Gasteiger partial charge on any atom is 0.508 e. The number of hydrogen-bond acceptors (Lipinski definition) is 3. The monoisotopic (exact) mass is 394 g/mol. The van der Waals surface area contributed by atoms with Crippen LogP contribution < -0.4 is 0 Å². The molecule has 0 aliphatic heterocycles. The van der Waals surface area contributed by atoms with Crippen molar-refractivity contribution in [3.05, 3.63) is 0 Å². The van der Waals surface area contributed by atoms with Crippen LogP contribution in [0.1, 0.15) is 93.9 Å². The molecule has 2 aliphatic rings. The van der Waals surface area contributed by atoms with Crippen molar-refractivity contribution in [3.63, 3.8) is 0 Å². The van der Waals surface area contributed by atoms with E-state index in [1.54, 1.807) is 0 Å². The zero-order valence-corrected chi connectivity index (χ0v) is 19.7. The Morgan fingerprint density at radius 2 is 1.00 bits per heavy atom. The lowest BCUT2D eigenvalue weighted by Gasteiger charge is -2.41. The Morgan fingerprint density at radius 3 is 1.32 bits per heavy atom. The van der Waals surface area contributed by atoms with E-state index < -0.39 is 6.16 Å². The van der Waals surface area contributed by atoms with Gasteiger partial charge in [0.05, 0.1) is 0 Å². The van der Waals surface area contributed by atoms with E-state index in [1.165, 1.54) is 25.7 Å². The molecule has 164 valence electrons. The highest BCUT2D eigenvalue weighted by molar-refractivity contribution is 5.60. The van der Waals surface area contributed by atoms with E-state index in [1.807, 2.05) is 0 Å². The van der Waals surface area contributed by atoms with E-state index >= 15 is 0 Å². The van der Waals surface area contributed by atoms with Crippen LogP contribution in [0.2, 0.25) is 0 Å². The summed E-state index contributed by atoms with van der Waals surface area (Å²) >= 11 is 0. The van der Waals surface area contributed by atoms with Crippen molar-refractivity contribution in [2.45, 2.75) is 106 Å². The van der Waals surface area contributed by atoms with Gasteiger partial charge in [-0.15, -0.1) is 0 Å². The predicted octanol–water partition coefficient (Wildman–Crippen LogP) is 7.33. The molecule has 0 spiro atoms. The second-order valence-electron chi connectivity index (χ2n) is 10.9. The summed E-state index contributed by atoms with van der Waals surface area (Å²) in [4.78, 5) is 12.6. The molecule has 28 heavy (non-hydrogen) atoms. The first-order valence-corrected chi connectivity index (χ1v) is 12.0. The lowest BCUT2D eigenvalue weighted by Crippen LogP contribution is -2.39. The van der Waals surface area contributed by atoms with Crippen molar-refractivity contribution in [2.75, 3.05) is 0 Å². The minimum Gasteiger partial charge on any atom is -0.431 e. The van der Waals surface area contributed by atoms with Gasteiger partial charge in [-0.25, -0.2) is 4.79 Å². The fraction of sp³-hybridized carbons (Fsp3) is 0.960. The fourth-order valence-electron chi connectivity index (χ4n) is 6.14. The van der Waals surface area contributed by atoms with Crippen LogP contribution in [-0.2, 0) is 9.47 Å². The molecule has 0 N–H and O–H groups in total. The zero-order chi connectivity index (χ0) is 21.0. The summed E-state index contributed by atoms with van der Waals surface area (Å²) in [5.74, 6) is 4.88. The lowest BCUT2D eigenvalue weighted by atomic mass is 9.68.